The Morgan fingerprint density at radius 1 is 1.47 bits per heavy atom. The Labute approximate surface area is 99.4 Å². The lowest BCUT2D eigenvalue weighted by molar-refractivity contribution is -0.121. The molecular weight excluding hydrogens is 222 g/mol. The Bertz CT molecular complexity index is 420. The molecule has 0 aliphatic carbocycles. The highest BCUT2D eigenvalue weighted by molar-refractivity contribution is 5.89. The molecule has 0 spiro atoms. The van der Waals surface area contributed by atoms with Gasteiger partial charge in [0.15, 0.2) is 0 Å². The molecule has 92 valence electrons. The molecule has 1 rings (SSSR count). The zero-order chi connectivity index (χ0) is 12.8. The fraction of sp³-hybridized carbons (Fsp3) is 0.364. The number of rotatable bonds is 4. The molecule has 0 radical (unpaired) electrons. The van der Waals surface area contributed by atoms with E-state index in [1.54, 1.807) is 20.0 Å². The van der Waals surface area contributed by atoms with Gasteiger partial charge in [-0.15, -0.1) is 0 Å². The molecule has 1 amide bonds. The zero-order valence-electron chi connectivity index (χ0n) is 9.98. The highest BCUT2D eigenvalue weighted by atomic mass is 16.5. The quantitative estimate of drug-likeness (QED) is 0.741. The number of ether oxygens (including phenoxy) is 1. The second-order valence-electron chi connectivity index (χ2n) is 3.40. The number of pyridine rings is 1. The van der Waals surface area contributed by atoms with Crippen LogP contribution in [0.4, 0.5) is 5.69 Å². The van der Waals surface area contributed by atoms with Crippen LogP contribution >= 0.6 is 0 Å². The van der Waals surface area contributed by atoms with E-state index in [0.29, 0.717) is 5.69 Å². The summed E-state index contributed by atoms with van der Waals surface area (Å²) in [5.74, 6) is -0.650. The van der Waals surface area contributed by atoms with Crippen molar-refractivity contribution in [3.05, 3.63) is 24.0 Å². The fourth-order valence-electron chi connectivity index (χ4n) is 1.27. The number of nitrogens with zero attached hydrogens (tertiary/aromatic N) is 1. The summed E-state index contributed by atoms with van der Waals surface area (Å²) >= 11 is 0. The van der Waals surface area contributed by atoms with Crippen molar-refractivity contribution in [3.8, 4) is 0 Å². The molecule has 1 aromatic heterocycles. The summed E-state index contributed by atoms with van der Waals surface area (Å²) in [6.07, 6.45) is 1.48. The number of likely N-dealkylation sites (N-methyl/N-ethyl adjacent to an activating group) is 1. The van der Waals surface area contributed by atoms with Crippen LogP contribution in [-0.4, -0.2) is 37.1 Å². The summed E-state index contributed by atoms with van der Waals surface area (Å²) in [5, 5.41) is 5.48. The second kappa shape index (κ2) is 5.83. The van der Waals surface area contributed by atoms with Crippen molar-refractivity contribution in [2.24, 2.45) is 0 Å². The molecule has 6 heteroatoms. The van der Waals surface area contributed by atoms with E-state index < -0.39 is 12.0 Å². The third-order valence-electron chi connectivity index (χ3n) is 2.18. The topological polar surface area (TPSA) is 80.3 Å². The molecule has 2 N–H and O–H groups in total. The van der Waals surface area contributed by atoms with E-state index in [9.17, 15) is 9.59 Å². The minimum absolute atomic E-state index is 0.138. The van der Waals surface area contributed by atoms with Crippen LogP contribution in [0.1, 0.15) is 17.4 Å². The highest BCUT2D eigenvalue weighted by Crippen LogP contribution is 2.10. The summed E-state index contributed by atoms with van der Waals surface area (Å²) in [4.78, 5) is 26.4. The van der Waals surface area contributed by atoms with Gasteiger partial charge in [0.2, 0.25) is 5.91 Å². The lowest BCUT2D eigenvalue weighted by Crippen LogP contribution is -2.35. The maximum atomic E-state index is 11.3. The summed E-state index contributed by atoms with van der Waals surface area (Å²) in [5.41, 5.74) is 0.832. The molecule has 0 saturated carbocycles. The molecule has 0 aliphatic heterocycles. The van der Waals surface area contributed by atoms with Gasteiger partial charge in [-0.1, -0.05) is 0 Å². The average molecular weight is 237 g/mol. The lowest BCUT2D eigenvalue weighted by atomic mass is 10.2. The van der Waals surface area contributed by atoms with Gasteiger partial charge in [0.05, 0.1) is 7.11 Å². The van der Waals surface area contributed by atoms with E-state index in [-0.39, 0.29) is 11.6 Å². The number of carbonyl (C=O) groups is 2. The number of esters is 1. The minimum atomic E-state index is -0.513. The Morgan fingerprint density at radius 3 is 2.76 bits per heavy atom. The fourth-order valence-corrected chi connectivity index (χ4v) is 1.27. The molecule has 1 heterocycles. The van der Waals surface area contributed by atoms with E-state index in [1.807, 2.05) is 0 Å². The number of hydrogen-bond donors (Lipinski definition) is 2. The summed E-state index contributed by atoms with van der Waals surface area (Å²) in [6, 6.07) is 2.81. The molecule has 17 heavy (non-hydrogen) atoms. The van der Waals surface area contributed by atoms with Gasteiger partial charge in [-0.05, 0) is 19.1 Å². The largest absolute Gasteiger partial charge is 0.464 e. The molecule has 1 atom stereocenters. The van der Waals surface area contributed by atoms with Crippen molar-refractivity contribution in [2.75, 3.05) is 19.5 Å². The third kappa shape index (κ3) is 3.44. The standard InChI is InChI=1S/C11H15N3O3/c1-7(10(15)12-2)14-8-4-5-13-9(6-8)11(16)17-3/h4-7H,1-3H3,(H,12,15)(H,13,14). The number of anilines is 1. The van der Waals surface area contributed by atoms with Gasteiger partial charge in [-0.3, -0.25) is 4.79 Å². The first kappa shape index (κ1) is 13.0. The Kier molecular flexibility index (Phi) is 4.45. The number of methoxy groups -OCH3 is 1. The number of aromatic nitrogens is 1. The van der Waals surface area contributed by atoms with Crippen molar-refractivity contribution < 1.29 is 14.3 Å². The predicted molar refractivity (Wildman–Crippen MR) is 62.7 cm³/mol. The van der Waals surface area contributed by atoms with Crippen LogP contribution in [-0.2, 0) is 9.53 Å². The van der Waals surface area contributed by atoms with Crippen molar-refractivity contribution >= 4 is 17.6 Å². The lowest BCUT2D eigenvalue weighted by Gasteiger charge is -2.13. The van der Waals surface area contributed by atoms with Gasteiger partial charge in [0.1, 0.15) is 11.7 Å². The van der Waals surface area contributed by atoms with E-state index >= 15 is 0 Å². The van der Waals surface area contributed by atoms with Crippen LogP contribution in [0.3, 0.4) is 0 Å². The van der Waals surface area contributed by atoms with Crippen LogP contribution in [0.15, 0.2) is 18.3 Å². The van der Waals surface area contributed by atoms with Gasteiger partial charge in [-0.2, -0.15) is 0 Å². The van der Waals surface area contributed by atoms with Crippen LogP contribution in [0.2, 0.25) is 0 Å². The molecule has 0 aromatic carbocycles. The third-order valence-corrected chi connectivity index (χ3v) is 2.18. The Balaban J connectivity index is 2.79. The summed E-state index contributed by atoms with van der Waals surface area (Å²) < 4.78 is 4.56. The number of hydrogen-bond acceptors (Lipinski definition) is 5. The first-order chi connectivity index (χ1) is 8.08. The van der Waals surface area contributed by atoms with Gasteiger partial charge in [-0.25, -0.2) is 9.78 Å². The average Bonchev–Trinajstić information content (AvgIpc) is 2.37. The molecule has 1 aromatic rings. The molecular formula is C11H15N3O3. The van der Waals surface area contributed by atoms with Crippen LogP contribution < -0.4 is 10.6 Å². The molecule has 0 fully saturated rings. The molecule has 6 nitrogen and oxygen atoms in total. The van der Waals surface area contributed by atoms with Crippen molar-refractivity contribution in [1.82, 2.24) is 10.3 Å². The van der Waals surface area contributed by atoms with E-state index in [1.165, 1.54) is 19.4 Å². The minimum Gasteiger partial charge on any atom is -0.464 e. The van der Waals surface area contributed by atoms with Crippen molar-refractivity contribution in [2.45, 2.75) is 13.0 Å². The molecule has 0 saturated heterocycles. The van der Waals surface area contributed by atoms with E-state index in [2.05, 4.69) is 20.4 Å². The maximum Gasteiger partial charge on any atom is 0.356 e. The smallest absolute Gasteiger partial charge is 0.356 e. The number of carbonyl (C=O) groups excluding carboxylic acids is 2. The first-order valence-corrected chi connectivity index (χ1v) is 5.11. The SMILES string of the molecule is CNC(=O)C(C)Nc1ccnc(C(=O)OC)c1. The van der Waals surface area contributed by atoms with Crippen LogP contribution in [0.25, 0.3) is 0 Å². The monoisotopic (exact) mass is 237 g/mol. The van der Waals surface area contributed by atoms with Crippen LogP contribution in [0, 0.1) is 0 Å². The maximum absolute atomic E-state index is 11.3. The predicted octanol–water partition coefficient (Wildman–Crippen LogP) is 0.415. The molecule has 0 aliphatic rings. The van der Waals surface area contributed by atoms with Crippen LogP contribution in [0.5, 0.6) is 0 Å². The summed E-state index contributed by atoms with van der Waals surface area (Å²) in [6.45, 7) is 1.72. The van der Waals surface area contributed by atoms with Gasteiger partial charge in [0.25, 0.3) is 0 Å². The Hall–Kier alpha value is -2.11. The zero-order valence-corrected chi connectivity index (χ0v) is 9.98. The molecule has 0 bridgehead atoms. The highest BCUT2D eigenvalue weighted by Gasteiger charge is 2.12. The summed E-state index contributed by atoms with van der Waals surface area (Å²) in [7, 11) is 2.85. The normalized spacial score (nSPS) is 11.5. The van der Waals surface area contributed by atoms with Crippen molar-refractivity contribution in [1.29, 1.82) is 0 Å². The number of amides is 1. The second-order valence-corrected chi connectivity index (χ2v) is 3.40. The van der Waals surface area contributed by atoms with E-state index in [0.717, 1.165) is 0 Å². The van der Waals surface area contributed by atoms with Crippen molar-refractivity contribution in [3.63, 3.8) is 0 Å². The van der Waals surface area contributed by atoms with Gasteiger partial charge in [0, 0.05) is 18.9 Å². The van der Waals surface area contributed by atoms with Gasteiger partial charge < -0.3 is 15.4 Å². The van der Waals surface area contributed by atoms with Gasteiger partial charge >= 0.3 is 5.97 Å². The molecule has 1 unspecified atom stereocenters. The number of nitrogens with one attached hydrogen (secondary N) is 2. The van der Waals surface area contributed by atoms with E-state index in [4.69, 9.17) is 0 Å². The first-order valence-electron chi connectivity index (χ1n) is 5.11. The Morgan fingerprint density at radius 2 is 2.18 bits per heavy atom.